The van der Waals surface area contributed by atoms with Crippen LogP contribution in [0.2, 0.25) is 0 Å². The SMILES string of the molecule is O=C1NCC2(CCCN(C(=O)C3CNNC3n3cnnn3)C2)O1. The number of carbonyl (C=O) groups is 2. The lowest BCUT2D eigenvalue weighted by atomic mass is 9.92. The van der Waals surface area contributed by atoms with Crippen molar-refractivity contribution in [3.63, 3.8) is 0 Å². The summed E-state index contributed by atoms with van der Waals surface area (Å²) in [6, 6.07) is 0. The van der Waals surface area contributed by atoms with Gasteiger partial charge in [0.15, 0.2) is 0 Å². The van der Waals surface area contributed by atoms with Crippen LogP contribution in [0.5, 0.6) is 0 Å². The van der Waals surface area contributed by atoms with Gasteiger partial charge in [0, 0.05) is 13.1 Å². The normalized spacial score (nSPS) is 33.7. The molecule has 0 saturated carbocycles. The van der Waals surface area contributed by atoms with Crippen molar-refractivity contribution in [2.45, 2.75) is 24.6 Å². The zero-order chi connectivity index (χ0) is 15.9. The molecule has 3 unspecified atom stereocenters. The Labute approximate surface area is 131 Å². The van der Waals surface area contributed by atoms with Crippen LogP contribution in [-0.4, -0.2) is 68.9 Å². The van der Waals surface area contributed by atoms with Crippen LogP contribution in [0.3, 0.4) is 0 Å². The largest absolute Gasteiger partial charge is 0.439 e. The Morgan fingerprint density at radius 2 is 2.39 bits per heavy atom. The van der Waals surface area contributed by atoms with Gasteiger partial charge in [-0.1, -0.05) is 0 Å². The molecule has 0 aromatic carbocycles. The van der Waals surface area contributed by atoms with E-state index in [1.807, 2.05) is 0 Å². The monoisotopic (exact) mass is 322 g/mol. The third-order valence-electron chi connectivity index (χ3n) is 4.64. The van der Waals surface area contributed by atoms with E-state index in [2.05, 4.69) is 31.7 Å². The van der Waals surface area contributed by atoms with Gasteiger partial charge >= 0.3 is 6.09 Å². The maximum Gasteiger partial charge on any atom is 0.407 e. The highest BCUT2D eigenvalue weighted by molar-refractivity contribution is 5.80. The summed E-state index contributed by atoms with van der Waals surface area (Å²) in [6.07, 6.45) is 2.32. The molecule has 2 amide bonds. The van der Waals surface area contributed by atoms with Crippen molar-refractivity contribution < 1.29 is 14.3 Å². The molecular weight excluding hydrogens is 304 g/mol. The second-order valence-electron chi connectivity index (χ2n) is 6.16. The maximum absolute atomic E-state index is 12.9. The Balaban J connectivity index is 1.49. The van der Waals surface area contributed by atoms with Crippen molar-refractivity contribution in [2.75, 3.05) is 26.2 Å². The van der Waals surface area contributed by atoms with Gasteiger partial charge in [0.1, 0.15) is 18.1 Å². The van der Waals surface area contributed by atoms with Crippen molar-refractivity contribution >= 4 is 12.0 Å². The number of rotatable bonds is 2. The van der Waals surface area contributed by atoms with Crippen molar-refractivity contribution in [3.05, 3.63) is 6.33 Å². The molecule has 3 atom stereocenters. The molecule has 0 radical (unpaired) electrons. The Hall–Kier alpha value is -2.27. The number of likely N-dealkylation sites (tertiary alicyclic amines) is 1. The third kappa shape index (κ3) is 2.51. The van der Waals surface area contributed by atoms with Gasteiger partial charge in [0.2, 0.25) is 5.91 Å². The average Bonchev–Trinajstić information content (AvgIpc) is 3.27. The lowest BCUT2D eigenvalue weighted by molar-refractivity contribution is -0.141. The second-order valence-corrected chi connectivity index (χ2v) is 6.16. The number of amides is 2. The van der Waals surface area contributed by atoms with Gasteiger partial charge < -0.3 is 15.0 Å². The summed E-state index contributed by atoms with van der Waals surface area (Å²) in [4.78, 5) is 26.1. The van der Waals surface area contributed by atoms with E-state index in [9.17, 15) is 9.59 Å². The van der Waals surface area contributed by atoms with E-state index in [0.717, 1.165) is 12.8 Å². The molecule has 3 aliphatic rings. The fourth-order valence-corrected chi connectivity index (χ4v) is 3.50. The van der Waals surface area contributed by atoms with E-state index in [0.29, 0.717) is 26.2 Å². The summed E-state index contributed by atoms with van der Waals surface area (Å²) in [5, 5.41) is 13.8. The van der Waals surface area contributed by atoms with E-state index in [-0.39, 0.29) is 18.0 Å². The lowest BCUT2D eigenvalue weighted by Crippen LogP contribution is -2.54. The van der Waals surface area contributed by atoms with Crippen molar-refractivity contribution in [2.24, 2.45) is 5.92 Å². The smallest absolute Gasteiger partial charge is 0.407 e. The predicted octanol–water partition coefficient (Wildman–Crippen LogP) is -2.00. The first-order valence-corrected chi connectivity index (χ1v) is 7.63. The number of nitrogens with zero attached hydrogens (tertiary/aromatic N) is 5. The number of hydrazine groups is 1. The zero-order valence-corrected chi connectivity index (χ0v) is 12.4. The molecule has 0 aliphatic carbocycles. The van der Waals surface area contributed by atoms with E-state index in [4.69, 9.17) is 4.74 Å². The molecule has 4 rings (SSSR count). The van der Waals surface area contributed by atoms with Crippen LogP contribution in [-0.2, 0) is 9.53 Å². The molecule has 3 fully saturated rings. The minimum absolute atomic E-state index is 0.00465. The van der Waals surface area contributed by atoms with E-state index < -0.39 is 11.7 Å². The van der Waals surface area contributed by atoms with Gasteiger partial charge in [-0.05, 0) is 23.3 Å². The number of alkyl carbamates (subject to hydrolysis) is 1. The topological polar surface area (TPSA) is 126 Å². The minimum Gasteiger partial charge on any atom is -0.439 e. The molecule has 3 N–H and O–H groups in total. The highest BCUT2D eigenvalue weighted by atomic mass is 16.6. The van der Waals surface area contributed by atoms with E-state index in [1.165, 1.54) is 11.0 Å². The summed E-state index contributed by atoms with van der Waals surface area (Å²) in [5.41, 5.74) is 5.42. The standard InChI is InChI=1S/C12H18N8O3/c21-10(8-4-14-16-9(8)20-7-15-17-18-20)19-3-1-2-12(6-19)5-13-11(22)23-12/h7-9,14,16H,1-6H2,(H,13,22). The van der Waals surface area contributed by atoms with Crippen LogP contribution >= 0.6 is 0 Å². The van der Waals surface area contributed by atoms with Crippen LogP contribution in [0.15, 0.2) is 6.33 Å². The van der Waals surface area contributed by atoms with Crippen LogP contribution < -0.4 is 16.2 Å². The Kier molecular flexibility index (Phi) is 3.38. The van der Waals surface area contributed by atoms with Crippen molar-refractivity contribution in [1.29, 1.82) is 0 Å². The summed E-state index contributed by atoms with van der Waals surface area (Å²) in [6.45, 7) is 2.03. The van der Waals surface area contributed by atoms with Gasteiger partial charge in [-0.15, -0.1) is 5.10 Å². The number of carbonyl (C=O) groups excluding carboxylic acids is 2. The molecule has 23 heavy (non-hydrogen) atoms. The molecule has 1 spiro atoms. The first kappa shape index (κ1) is 14.3. The predicted molar refractivity (Wildman–Crippen MR) is 74.5 cm³/mol. The summed E-state index contributed by atoms with van der Waals surface area (Å²) >= 11 is 0. The minimum atomic E-state index is -0.589. The van der Waals surface area contributed by atoms with Crippen molar-refractivity contribution in [3.8, 4) is 0 Å². The maximum atomic E-state index is 12.9. The molecule has 11 nitrogen and oxygen atoms in total. The quantitative estimate of drug-likeness (QED) is 0.570. The van der Waals surface area contributed by atoms with Gasteiger partial charge in [0.05, 0.1) is 19.0 Å². The average molecular weight is 322 g/mol. The molecule has 1 aromatic rings. The number of ether oxygens (including phenoxy) is 1. The van der Waals surface area contributed by atoms with Gasteiger partial charge in [0.25, 0.3) is 0 Å². The Morgan fingerprint density at radius 1 is 1.48 bits per heavy atom. The number of tetrazole rings is 1. The Bertz CT molecular complexity index is 607. The number of nitrogens with one attached hydrogen (secondary N) is 3. The van der Waals surface area contributed by atoms with Gasteiger partial charge in [-0.25, -0.2) is 14.9 Å². The lowest BCUT2D eigenvalue weighted by Gasteiger charge is -2.39. The Morgan fingerprint density at radius 3 is 3.13 bits per heavy atom. The first-order chi connectivity index (χ1) is 11.2. The number of piperidine rings is 1. The van der Waals surface area contributed by atoms with Crippen molar-refractivity contribution in [1.82, 2.24) is 41.3 Å². The number of aromatic nitrogens is 4. The summed E-state index contributed by atoms with van der Waals surface area (Å²) < 4.78 is 6.95. The zero-order valence-electron chi connectivity index (χ0n) is 12.4. The molecule has 0 bridgehead atoms. The van der Waals surface area contributed by atoms with Gasteiger partial charge in [-0.2, -0.15) is 0 Å². The molecule has 3 saturated heterocycles. The van der Waals surface area contributed by atoms with Crippen LogP contribution in [0.1, 0.15) is 19.0 Å². The molecule has 1 aromatic heterocycles. The second kappa shape index (κ2) is 5.42. The molecule has 4 heterocycles. The molecule has 11 heteroatoms. The first-order valence-electron chi connectivity index (χ1n) is 7.63. The summed E-state index contributed by atoms with van der Waals surface area (Å²) in [5.74, 6) is -0.316. The number of hydrogen-bond donors (Lipinski definition) is 3. The molecular formula is C12H18N8O3. The fraction of sp³-hybridized carbons (Fsp3) is 0.750. The van der Waals surface area contributed by atoms with E-state index >= 15 is 0 Å². The number of hydrogen-bond acceptors (Lipinski definition) is 8. The molecule has 3 aliphatic heterocycles. The van der Waals surface area contributed by atoms with Crippen LogP contribution in [0.4, 0.5) is 4.79 Å². The summed E-state index contributed by atoms with van der Waals surface area (Å²) in [7, 11) is 0. The van der Waals surface area contributed by atoms with Crippen LogP contribution in [0.25, 0.3) is 0 Å². The van der Waals surface area contributed by atoms with Gasteiger partial charge in [-0.3, -0.25) is 10.2 Å². The highest BCUT2D eigenvalue weighted by Crippen LogP contribution is 2.30. The third-order valence-corrected chi connectivity index (χ3v) is 4.64. The fourth-order valence-electron chi connectivity index (χ4n) is 3.50. The van der Waals surface area contributed by atoms with Crippen LogP contribution in [0, 0.1) is 5.92 Å². The van der Waals surface area contributed by atoms with E-state index in [1.54, 1.807) is 4.90 Å². The molecule has 124 valence electrons. The highest BCUT2D eigenvalue weighted by Gasteiger charge is 2.47.